The van der Waals surface area contributed by atoms with Crippen LogP contribution in [0.5, 0.6) is 0 Å². The summed E-state index contributed by atoms with van der Waals surface area (Å²) >= 11 is 0. The van der Waals surface area contributed by atoms with Crippen molar-refractivity contribution in [1.82, 2.24) is 0 Å². The lowest BCUT2D eigenvalue weighted by Gasteiger charge is -2.67. The van der Waals surface area contributed by atoms with Gasteiger partial charge in [0.25, 0.3) is 0 Å². The first-order chi connectivity index (χ1) is 13.2. The van der Waals surface area contributed by atoms with Crippen LogP contribution in [0.25, 0.3) is 0 Å². The molecule has 4 saturated heterocycles. The number of hydrogen-bond donors (Lipinski definition) is 2. The quantitative estimate of drug-likeness (QED) is 0.532. The highest BCUT2D eigenvalue weighted by molar-refractivity contribution is 5.86. The molecule has 8 nitrogen and oxygen atoms in total. The summed E-state index contributed by atoms with van der Waals surface area (Å²) in [6, 6.07) is 1.76. The number of carbonyl (C=O) groups is 2. The summed E-state index contributed by atoms with van der Waals surface area (Å²) in [7, 11) is 0. The van der Waals surface area contributed by atoms with Gasteiger partial charge in [0.05, 0.1) is 24.5 Å². The number of cyclic esters (lactones) is 1. The molecule has 0 radical (unpaired) electrons. The van der Waals surface area contributed by atoms with Crippen LogP contribution in [0.1, 0.15) is 38.4 Å². The van der Waals surface area contributed by atoms with Crippen molar-refractivity contribution in [3.05, 3.63) is 24.2 Å². The van der Waals surface area contributed by atoms with Crippen LogP contribution in [0.2, 0.25) is 0 Å². The maximum absolute atomic E-state index is 12.9. The first-order valence-electron chi connectivity index (χ1n) is 9.72. The van der Waals surface area contributed by atoms with E-state index in [1.54, 1.807) is 19.3 Å². The molecule has 150 valence electrons. The minimum atomic E-state index is -1.92. The highest BCUT2D eigenvalue weighted by Gasteiger charge is 2.86. The summed E-state index contributed by atoms with van der Waals surface area (Å²) in [6.45, 7) is 3.72. The second-order valence-corrected chi connectivity index (χ2v) is 9.41. The van der Waals surface area contributed by atoms with E-state index < -0.39 is 64.8 Å². The molecule has 8 heteroatoms. The lowest BCUT2D eigenvalue weighted by molar-refractivity contribution is -0.307. The molecule has 1 aromatic rings. The number of fused-ring (bicyclic) bond motifs is 2. The maximum atomic E-state index is 12.9. The summed E-state index contributed by atoms with van der Waals surface area (Å²) in [4.78, 5) is 25.6. The van der Waals surface area contributed by atoms with E-state index >= 15 is 0 Å². The van der Waals surface area contributed by atoms with E-state index in [9.17, 15) is 19.8 Å². The third kappa shape index (κ3) is 1.62. The molecule has 7 rings (SSSR count). The van der Waals surface area contributed by atoms with Gasteiger partial charge in [-0.2, -0.15) is 0 Å². The molecule has 2 saturated carbocycles. The molecular formula is C20H22O8. The Balaban J connectivity index is 1.50. The van der Waals surface area contributed by atoms with Crippen molar-refractivity contribution in [2.45, 2.75) is 62.8 Å². The Kier molecular flexibility index (Phi) is 2.92. The second-order valence-electron chi connectivity index (χ2n) is 9.41. The number of esters is 2. The van der Waals surface area contributed by atoms with Crippen LogP contribution in [-0.4, -0.2) is 52.2 Å². The molecule has 10 atom stereocenters. The highest BCUT2D eigenvalue weighted by atomic mass is 16.7. The summed E-state index contributed by atoms with van der Waals surface area (Å²) in [5.41, 5.74) is -2.98. The Morgan fingerprint density at radius 3 is 2.68 bits per heavy atom. The van der Waals surface area contributed by atoms with Crippen LogP contribution in [0.4, 0.5) is 0 Å². The van der Waals surface area contributed by atoms with E-state index in [0.717, 1.165) is 5.56 Å². The molecule has 5 heterocycles. The fraction of sp³-hybridized carbons (Fsp3) is 0.700. The minimum absolute atomic E-state index is 0.125. The van der Waals surface area contributed by atoms with Gasteiger partial charge >= 0.3 is 11.9 Å². The van der Waals surface area contributed by atoms with Gasteiger partial charge in [-0.15, -0.1) is 0 Å². The molecule has 2 bridgehead atoms. The third-order valence-electron chi connectivity index (χ3n) is 8.35. The number of carbonyl (C=O) groups excluding carboxylic acids is 2. The minimum Gasteiger partial charge on any atom is -0.472 e. The number of ether oxygens (including phenoxy) is 3. The number of rotatable bonds is 1. The second kappa shape index (κ2) is 4.80. The number of furan rings is 1. The van der Waals surface area contributed by atoms with Crippen molar-refractivity contribution in [3.8, 4) is 0 Å². The van der Waals surface area contributed by atoms with Gasteiger partial charge in [0.1, 0.15) is 24.4 Å². The first kappa shape index (κ1) is 17.0. The van der Waals surface area contributed by atoms with Gasteiger partial charge < -0.3 is 28.8 Å². The maximum Gasteiger partial charge on any atom is 0.342 e. The van der Waals surface area contributed by atoms with Crippen molar-refractivity contribution in [3.63, 3.8) is 0 Å². The molecule has 28 heavy (non-hydrogen) atoms. The lowest BCUT2D eigenvalue weighted by atomic mass is 9.40. The molecule has 0 amide bonds. The molecule has 6 fully saturated rings. The topological polar surface area (TPSA) is 119 Å². The summed E-state index contributed by atoms with van der Waals surface area (Å²) in [6.07, 6.45) is 0.491. The molecule has 1 aromatic heterocycles. The van der Waals surface area contributed by atoms with Crippen molar-refractivity contribution in [2.75, 3.05) is 0 Å². The standard InChI is InChI=1S/C20H22O8/c1-18-6-10(8-3-4-25-7-8)26-16(22)9(18)5-11(21)19(2)14(18)12-13-15(27-13)20(19,24)17(23)28-12/h3-4,7,9-15,21,24H,5-6H2,1-2H3. The zero-order valence-electron chi connectivity index (χ0n) is 15.5. The Bertz CT molecular complexity index is 881. The highest BCUT2D eigenvalue weighted by Crippen LogP contribution is 2.72. The van der Waals surface area contributed by atoms with Crippen LogP contribution in [0, 0.1) is 22.7 Å². The Labute approximate surface area is 160 Å². The predicted octanol–water partition coefficient (Wildman–Crippen LogP) is 0.715. The predicted molar refractivity (Wildman–Crippen MR) is 89.5 cm³/mol. The molecule has 0 spiro atoms. The molecule has 4 aliphatic heterocycles. The molecule has 0 aromatic carbocycles. The number of aliphatic hydroxyl groups is 2. The van der Waals surface area contributed by atoms with Crippen molar-refractivity contribution < 1.29 is 38.4 Å². The zero-order chi connectivity index (χ0) is 19.6. The normalized spacial score (nSPS) is 56.2. The monoisotopic (exact) mass is 390 g/mol. The number of epoxide rings is 1. The summed E-state index contributed by atoms with van der Waals surface area (Å²) in [5.74, 6) is -2.11. The van der Waals surface area contributed by atoms with E-state index in [1.165, 1.54) is 6.26 Å². The van der Waals surface area contributed by atoms with E-state index in [0.29, 0.717) is 6.42 Å². The van der Waals surface area contributed by atoms with Crippen LogP contribution in [0.3, 0.4) is 0 Å². The van der Waals surface area contributed by atoms with Gasteiger partial charge in [-0.05, 0) is 24.3 Å². The van der Waals surface area contributed by atoms with Crippen molar-refractivity contribution in [2.24, 2.45) is 22.7 Å². The van der Waals surface area contributed by atoms with Gasteiger partial charge in [-0.1, -0.05) is 13.8 Å². The Morgan fingerprint density at radius 2 is 1.96 bits per heavy atom. The van der Waals surface area contributed by atoms with Crippen molar-refractivity contribution >= 4 is 11.9 Å². The van der Waals surface area contributed by atoms with E-state index in [1.807, 2.05) is 6.92 Å². The van der Waals surface area contributed by atoms with E-state index in [4.69, 9.17) is 18.6 Å². The van der Waals surface area contributed by atoms with Crippen LogP contribution in [-0.2, 0) is 23.8 Å². The van der Waals surface area contributed by atoms with Gasteiger partial charge in [-0.25, -0.2) is 4.79 Å². The smallest absolute Gasteiger partial charge is 0.342 e. The molecule has 2 N–H and O–H groups in total. The van der Waals surface area contributed by atoms with Crippen LogP contribution < -0.4 is 0 Å². The summed E-state index contributed by atoms with van der Waals surface area (Å²) < 4.78 is 22.1. The first-order valence-corrected chi connectivity index (χ1v) is 9.72. The summed E-state index contributed by atoms with van der Waals surface area (Å²) in [5, 5.41) is 22.5. The van der Waals surface area contributed by atoms with Gasteiger partial charge in [-0.3, -0.25) is 4.79 Å². The fourth-order valence-corrected chi connectivity index (χ4v) is 6.89. The fourth-order valence-electron chi connectivity index (χ4n) is 6.89. The third-order valence-corrected chi connectivity index (χ3v) is 8.35. The van der Waals surface area contributed by atoms with Crippen LogP contribution in [0.15, 0.2) is 23.0 Å². The molecule has 10 unspecified atom stereocenters. The average Bonchev–Trinajstić information content (AvgIpc) is 3.27. The lowest BCUT2D eigenvalue weighted by Crippen LogP contribution is -2.80. The average molecular weight is 390 g/mol. The zero-order valence-corrected chi connectivity index (χ0v) is 15.5. The number of aliphatic hydroxyl groups excluding tert-OH is 1. The molecular weight excluding hydrogens is 368 g/mol. The molecule has 6 aliphatic rings. The van der Waals surface area contributed by atoms with Crippen LogP contribution >= 0.6 is 0 Å². The number of hydrogen-bond acceptors (Lipinski definition) is 8. The van der Waals surface area contributed by atoms with E-state index in [2.05, 4.69) is 0 Å². The Hall–Kier alpha value is -1.90. The van der Waals surface area contributed by atoms with E-state index in [-0.39, 0.29) is 12.4 Å². The van der Waals surface area contributed by atoms with Gasteiger partial charge in [0.2, 0.25) is 0 Å². The Morgan fingerprint density at radius 1 is 1.18 bits per heavy atom. The SMILES string of the molecule is CC12CC(c3ccoc3)OC(=O)C1CC(O)C1(C)C2C2OC(=O)C1(O)C1OC21. The van der Waals surface area contributed by atoms with Gasteiger partial charge in [0, 0.05) is 16.9 Å². The van der Waals surface area contributed by atoms with Crippen molar-refractivity contribution in [1.29, 1.82) is 0 Å². The largest absolute Gasteiger partial charge is 0.472 e. The van der Waals surface area contributed by atoms with Gasteiger partial charge in [0.15, 0.2) is 5.60 Å². The molecule has 2 aliphatic carbocycles.